The molecule has 34 heavy (non-hydrogen) atoms. The van der Waals surface area contributed by atoms with E-state index < -0.39 is 17.7 Å². The van der Waals surface area contributed by atoms with Gasteiger partial charge in [0.1, 0.15) is 17.3 Å². The summed E-state index contributed by atoms with van der Waals surface area (Å²) in [5, 5.41) is 11.5. The Morgan fingerprint density at radius 1 is 1.12 bits per heavy atom. The third-order valence-electron chi connectivity index (χ3n) is 5.73. The van der Waals surface area contributed by atoms with Gasteiger partial charge < -0.3 is 14.6 Å². The van der Waals surface area contributed by atoms with Crippen LogP contribution in [-0.2, 0) is 9.59 Å². The molecule has 1 N–H and O–H groups in total. The number of aromatic nitrogens is 1. The van der Waals surface area contributed by atoms with Crippen LogP contribution in [0.15, 0.2) is 66.5 Å². The second kappa shape index (κ2) is 9.39. The largest absolute Gasteiger partial charge is 0.507 e. The molecule has 0 bridgehead atoms. The average Bonchev–Trinajstić information content (AvgIpc) is 3.09. The molecule has 1 atom stereocenters. The van der Waals surface area contributed by atoms with Crippen molar-refractivity contribution in [1.82, 2.24) is 4.98 Å². The third-order valence-corrected chi connectivity index (χ3v) is 5.73. The number of aliphatic hydroxyl groups excluding tert-OH is 1. The number of amides is 1. The summed E-state index contributed by atoms with van der Waals surface area (Å²) >= 11 is 0. The van der Waals surface area contributed by atoms with Gasteiger partial charge in [0.05, 0.1) is 30.9 Å². The number of aliphatic hydroxyl groups is 1. The molecular weight excluding hydrogens is 432 g/mol. The number of ether oxygens (including phenoxy) is 2. The first-order chi connectivity index (χ1) is 16.4. The lowest BCUT2D eigenvalue weighted by atomic mass is 9.94. The standard InChI is InChI=1S/C27H26N2O5/c1-5-34-20-10-6-9-19(14-20)29-23(18-8-7-11-28-15-18)22(25(31)27(29)32)24(30)21-13-16(2)12-17(3)26(21)33-4/h6-15,23,30H,5H2,1-4H3/b24-22+. The van der Waals surface area contributed by atoms with Crippen molar-refractivity contribution in [2.24, 2.45) is 0 Å². The van der Waals surface area contributed by atoms with Gasteiger partial charge >= 0.3 is 0 Å². The molecule has 4 rings (SSSR count). The molecule has 1 unspecified atom stereocenters. The van der Waals surface area contributed by atoms with Gasteiger partial charge in [0, 0.05) is 24.1 Å². The molecule has 2 heterocycles. The number of aryl methyl sites for hydroxylation is 2. The first kappa shape index (κ1) is 23.0. The first-order valence-corrected chi connectivity index (χ1v) is 11.0. The fourth-order valence-corrected chi connectivity index (χ4v) is 4.39. The Hall–Kier alpha value is -4.13. The van der Waals surface area contributed by atoms with Gasteiger partial charge in [-0.25, -0.2) is 0 Å². The van der Waals surface area contributed by atoms with Crippen LogP contribution in [-0.4, -0.2) is 35.5 Å². The molecule has 1 fully saturated rings. The third kappa shape index (κ3) is 4.01. The quantitative estimate of drug-likeness (QED) is 0.326. The second-order valence-electron chi connectivity index (χ2n) is 8.05. The van der Waals surface area contributed by atoms with E-state index in [2.05, 4.69) is 4.98 Å². The fourth-order valence-electron chi connectivity index (χ4n) is 4.39. The summed E-state index contributed by atoms with van der Waals surface area (Å²) in [6, 6.07) is 13.3. The molecule has 0 spiro atoms. The summed E-state index contributed by atoms with van der Waals surface area (Å²) < 4.78 is 11.1. The number of hydrogen-bond acceptors (Lipinski definition) is 6. The zero-order valence-electron chi connectivity index (χ0n) is 19.5. The number of carbonyl (C=O) groups is 2. The SMILES string of the molecule is CCOc1cccc(N2C(=O)C(=O)/C(=C(/O)c3cc(C)cc(C)c3OC)C2c2cccnc2)c1. The number of anilines is 1. The molecule has 1 aliphatic rings. The van der Waals surface area contributed by atoms with Crippen LogP contribution in [0.2, 0.25) is 0 Å². The van der Waals surface area contributed by atoms with E-state index in [4.69, 9.17) is 9.47 Å². The van der Waals surface area contributed by atoms with Gasteiger partial charge in [-0.15, -0.1) is 0 Å². The molecule has 1 saturated heterocycles. The van der Waals surface area contributed by atoms with Crippen LogP contribution in [0.4, 0.5) is 5.69 Å². The van der Waals surface area contributed by atoms with Crippen molar-refractivity contribution in [3.8, 4) is 11.5 Å². The number of methoxy groups -OCH3 is 1. The highest BCUT2D eigenvalue weighted by Gasteiger charge is 2.47. The lowest BCUT2D eigenvalue weighted by Crippen LogP contribution is -2.29. The Bertz CT molecular complexity index is 1280. The van der Waals surface area contributed by atoms with E-state index in [0.717, 1.165) is 11.1 Å². The minimum Gasteiger partial charge on any atom is -0.507 e. The number of rotatable bonds is 6. The predicted molar refractivity (Wildman–Crippen MR) is 129 cm³/mol. The first-order valence-electron chi connectivity index (χ1n) is 11.0. The van der Waals surface area contributed by atoms with E-state index in [1.54, 1.807) is 54.9 Å². The normalized spacial score (nSPS) is 17.2. The maximum absolute atomic E-state index is 13.4. The number of carbonyl (C=O) groups excluding carboxylic acids is 2. The summed E-state index contributed by atoms with van der Waals surface area (Å²) in [7, 11) is 1.50. The van der Waals surface area contributed by atoms with Crippen LogP contribution >= 0.6 is 0 Å². The monoisotopic (exact) mass is 458 g/mol. The van der Waals surface area contributed by atoms with Crippen molar-refractivity contribution in [2.45, 2.75) is 26.8 Å². The number of pyridine rings is 1. The number of nitrogens with zero attached hydrogens (tertiary/aromatic N) is 2. The lowest BCUT2D eigenvalue weighted by molar-refractivity contribution is -0.132. The van der Waals surface area contributed by atoms with Crippen molar-refractivity contribution in [3.63, 3.8) is 0 Å². The van der Waals surface area contributed by atoms with Crippen molar-refractivity contribution < 1.29 is 24.2 Å². The van der Waals surface area contributed by atoms with Crippen LogP contribution in [0.3, 0.4) is 0 Å². The zero-order valence-corrected chi connectivity index (χ0v) is 19.5. The van der Waals surface area contributed by atoms with Gasteiger partial charge in [-0.3, -0.25) is 19.5 Å². The highest BCUT2D eigenvalue weighted by molar-refractivity contribution is 6.51. The summed E-state index contributed by atoms with van der Waals surface area (Å²) in [6.45, 7) is 6.07. The maximum Gasteiger partial charge on any atom is 0.300 e. The van der Waals surface area contributed by atoms with Crippen LogP contribution in [0.25, 0.3) is 5.76 Å². The van der Waals surface area contributed by atoms with E-state index in [1.165, 1.54) is 12.0 Å². The number of ketones is 1. The smallest absolute Gasteiger partial charge is 0.300 e. The minimum absolute atomic E-state index is 0.0249. The Kier molecular flexibility index (Phi) is 6.36. The molecule has 0 saturated carbocycles. The van der Waals surface area contributed by atoms with Gasteiger partial charge in [-0.2, -0.15) is 0 Å². The van der Waals surface area contributed by atoms with Crippen LogP contribution < -0.4 is 14.4 Å². The Morgan fingerprint density at radius 2 is 1.91 bits per heavy atom. The number of Topliss-reactive ketones (excluding diaryl/α,β-unsaturated/α-hetero) is 1. The Morgan fingerprint density at radius 3 is 2.59 bits per heavy atom. The highest BCUT2D eigenvalue weighted by Crippen LogP contribution is 2.44. The van der Waals surface area contributed by atoms with Gasteiger partial charge in [0.2, 0.25) is 0 Å². The summed E-state index contributed by atoms with van der Waals surface area (Å²) in [4.78, 5) is 32.3. The lowest BCUT2D eigenvalue weighted by Gasteiger charge is -2.25. The van der Waals surface area contributed by atoms with Crippen molar-refractivity contribution in [3.05, 3.63) is 88.8 Å². The molecule has 1 aliphatic heterocycles. The maximum atomic E-state index is 13.4. The topological polar surface area (TPSA) is 89.0 Å². The summed E-state index contributed by atoms with van der Waals surface area (Å²) in [5.74, 6) is -0.804. The fraction of sp³-hybridized carbons (Fsp3) is 0.222. The molecule has 2 aromatic carbocycles. The number of hydrogen-bond donors (Lipinski definition) is 1. The van der Waals surface area contributed by atoms with E-state index in [-0.39, 0.29) is 11.3 Å². The second-order valence-corrected chi connectivity index (χ2v) is 8.05. The van der Waals surface area contributed by atoms with Crippen molar-refractivity contribution in [1.29, 1.82) is 0 Å². The van der Waals surface area contributed by atoms with Crippen molar-refractivity contribution in [2.75, 3.05) is 18.6 Å². The molecule has 7 heteroatoms. The van der Waals surface area contributed by atoms with Gasteiger partial charge in [-0.1, -0.05) is 18.2 Å². The van der Waals surface area contributed by atoms with E-state index in [1.807, 2.05) is 26.8 Å². The molecule has 1 aromatic heterocycles. The van der Waals surface area contributed by atoms with Crippen LogP contribution in [0, 0.1) is 13.8 Å². The van der Waals surface area contributed by atoms with Gasteiger partial charge in [0.25, 0.3) is 11.7 Å². The summed E-state index contributed by atoms with van der Waals surface area (Å²) in [6.07, 6.45) is 3.19. The van der Waals surface area contributed by atoms with Crippen molar-refractivity contribution >= 4 is 23.1 Å². The zero-order chi connectivity index (χ0) is 24.4. The molecule has 7 nitrogen and oxygen atoms in total. The van der Waals surface area contributed by atoms with Crippen LogP contribution in [0.5, 0.6) is 11.5 Å². The van der Waals surface area contributed by atoms with E-state index in [0.29, 0.717) is 34.9 Å². The average molecular weight is 459 g/mol. The molecule has 3 aromatic rings. The van der Waals surface area contributed by atoms with Gasteiger partial charge in [0.15, 0.2) is 0 Å². The molecule has 0 aliphatic carbocycles. The van der Waals surface area contributed by atoms with E-state index in [9.17, 15) is 14.7 Å². The van der Waals surface area contributed by atoms with Crippen LogP contribution in [0.1, 0.15) is 35.2 Å². The molecule has 1 amide bonds. The Balaban J connectivity index is 1.97. The molecule has 0 radical (unpaired) electrons. The van der Waals surface area contributed by atoms with E-state index >= 15 is 0 Å². The number of benzene rings is 2. The molecule has 174 valence electrons. The minimum atomic E-state index is -0.879. The molecular formula is C27H26N2O5. The van der Waals surface area contributed by atoms with Gasteiger partial charge in [-0.05, 0) is 61.7 Å². The highest BCUT2D eigenvalue weighted by atomic mass is 16.5. The Labute approximate surface area is 198 Å². The predicted octanol–water partition coefficient (Wildman–Crippen LogP) is 4.73. The summed E-state index contributed by atoms with van der Waals surface area (Å²) in [5.41, 5.74) is 3.09.